The summed E-state index contributed by atoms with van der Waals surface area (Å²) in [5.74, 6) is 0.506. The molecule has 3 heteroatoms. The van der Waals surface area contributed by atoms with Crippen LogP contribution >= 0.6 is 0 Å². The summed E-state index contributed by atoms with van der Waals surface area (Å²) in [6.45, 7) is 4.90. The van der Waals surface area contributed by atoms with Gasteiger partial charge < -0.3 is 10.2 Å². The quantitative estimate of drug-likeness (QED) is 0.922. The number of carbonyl (C=O) groups is 1. The molecule has 1 unspecified atom stereocenters. The number of nitrogens with one attached hydrogen (secondary N) is 1. The minimum absolute atomic E-state index is 0.158. The molecule has 1 saturated heterocycles. The molecule has 1 aromatic carbocycles. The van der Waals surface area contributed by atoms with E-state index in [1.54, 1.807) is 0 Å². The van der Waals surface area contributed by atoms with Crippen molar-refractivity contribution in [3.8, 4) is 0 Å². The van der Waals surface area contributed by atoms with Gasteiger partial charge in [0.15, 0.2) is 0 Å². The van der Waals surface area contributed by atoms with Crippen LogP contribution < -0.4 is 5.32 Å². The maximum Gasteiger partial charge on any atom is 0.226 e. The van der Waals surface area contributed by atoms with Gasteiger partial charge in [-0.3, -0.25) is 4.79 Å². The molecule has 0 radical (unpaired) electrons. The molecule has 1 aliphatic carbocycles. The Morgan fingerprint density at radius 3 is 2.52 bits per heavy atom. The lowest BCUT2D eigenvalue weighted by Crippen LogP contribution is -2.47. The fourth-order valence-corrected chi connectivity index (χ4v) is 3.71. The van der Waals surface area contributed by atoms with Crippen molar-refractivity contribution in [3.05, 3.63) is 35.4 Å². The van der Waals surface area contributed by atoms with Crippen LogP contribution in [0.2, 0.25) is 0 Å². The molecule has 1 fully saturated rings. The van der Waals surface area contributed by atoms with Gasteiger partial charge in [-0.15, -0.1) is 0 Å². The molecule has 0 spiro atoms. The van der Waals surface area contributed by atoms with Gasteiger partial charge in [0.25, 0.3) is 0 Å². The number of hydrogen-bond acceptors (Lipinski definition) is 2. The number of rotatable bonds is 4. The highest BCUT2D eigenvalue weighted by atomic mass is 16.2. The van der Waals surface area contributed by atoms with Gasteiger partial charge in [0.2, 0.25) is 5.91 Å². The maximum atomic E-state index is 12.8. The molecule has 3 rings (SSSR count). The third-order valence-electron chi connectivity index (χ3n) is 4.95. The van der Waals surface area contributed by atoms with Gasteiger partial charge in [-0.05, 0) is 50.3 Å². The normalized spacial score (nSPS) is 22.0. The van der Waals surface area contributed by atoms with Crippen molar-refractivity contribution in [1.29, 1.82) is 0 Å². The van der Waals surface area contributed by atoms with Crippen molar-refractivity contribution in [2.45, 2.75) is 45.1 Å². The maximum absolute atomic E-state index is 12.8. The molecule has 3 nitrogen and oxygen atoms in total. The SMILES string of the molecule is CCN(CC1CCCCN1)C(=O)C1Cc2ccccc2C1. The summed E-state index contributed by atoms with van der Waals surface area (Å²) in [4.78, 5) is 14.9. The number of benzene rings is 1. The molecule has 1 heterocycles. The predicted molar refractivity (Wildman–Crippen MR) is 85.2 cm³/mol. The zero-order valence-electron chi connectivity index (χ0n) is 13.0. The van der Waals surface area contributed by atoms with Crippen molar-refractivity contribution in [2.24, 2.45) is 5.92 Å². The summed E-state index contributed by atoms with van der Waals surface area (Å²) in [6, 6.07) is 8.99. The number of nitrogens with zero attached hydrogens (tertiary/aromatic N) is 1. The van der Waals surface area contributed by atoms with Gasteiger partial charge in [0, 0.05) is 25.0 Å². The van der Waals surface area contributed by atoms with Crippen LogP contribution in [-0.2, 0) is 17.6 Å². The molecule has 1 aliphatic heterocycles. The molecule has 1 amide bonds. The van der Waals surface area contributed by atoms with Crippen molar-refractivity contribution in [1.82, 2.24) is 10.2 Å². The third-order valence-corrected chi connectivity index (χ3v) is 4.95. The lowest BCUT2D eigenvalue weighted by atomic mass is 10.0. The molecular formula is C18H26N2O. The van der Waals surface area contributed by atoms with E-state index >= 15 is 0 Å². The molecule has 21 heavy (non-hydrogen) atoms. The number of likely N-dealkylation sites (N-methyl/N-ethyl adjacent to an activating group) is 1. The molecule has 1 N–H and O–H groups in total. The number of piperidine rings is 1. The molecular weight excluding hydrogens is 260 g/mol. The minimum Gasteiger partial charge on any atom is -0.341 e. The van der Waals surface area contributed by atoms with E-state index in [9.17, 15) is 4.79 Å². The van der Waals surface area contributed by atoms with Gasteiger partial charge in [0.05, 0.1) is 0 Å². The molecule has 0 bridgehead atoms. The minimum atomic E-state index is 0.158. The summed E-state index contributed by atoms with van der Waals surface area (Å²) < 4.78 is 0. The van der Waals surface area contributed by atoms with Crippen LogP contribution in [0.1, 0.15) is 37.3 Å². The number of carbonyl (C=O) groups excluding carboxylic acids is 1. The van der Waals surface area contributed by atoms with Gasteiger partial charge in [-0.25, -0.2) is 0 Å². The summed E-state index contributed by atoms with van der Waals surface area (Å²) in [5.41, 5.74) is 2.73. The second-order valence-electron chi connectivity index (χ2n) is 6.40. The second-order valence-corrected chi connectivity index (χ2v) is 6.40. The van der Waals surface area contributed by atoms with Crippen molar-refractivity contribution < 1.29 is 4.79 Å². The Labute approximate surface area is 127 Å². The van der Waals surface area contributed by atoms with Crippen LogP contribution in [0.25, 0.3) is 0 Å². The summed E-state index contributed by atoms with van der Waals surface area (Å²) in [6.07, 6.45) is 5.61. The van der Waals surface area contributed by atoms with E-state index < -0.39 is 0 Å². The van der Waals surface area contributed by atoms with Crippen LogP contribution in [0.4, 0.5) is 0 Å². The van der Waals surface area contributed by atoms with E-state index in [0.29, 0.717) is 11.9 Å². The molecule has 114 valence electrons. The zero-order chi connectivity index (χ0) is 14.7. The highest BCUT2D eigenvalue weighted by molar-refractivity contribution is 5.80. The Bertz CT molecular complexity index is 469. The number of fused-ring (bicyclic) bond motifs is 1. The predicted octanol–water partition coefficient (Wildman–Crippen LogP) is 2.39. The van der Waals surface area contributed by atoms with Gasteiger partial charge >= 0.3 is 0 Å². The van der Waals surface area contributed by atoms with Gasteiger partial charge in [0.1, 0.15) is 0 Å². The van der Waals surface area contributed by atoms with Crippen LogP contribution in [0, 0.1) is 5.92 Å². The molecule has 0 aromatic heterocycles. The lowest BCUT2D eigenvalue weighted by Gasteiger charge is -2.31. The van der Waals surface area contributed by atoms with E-state index in [0.717, 1.165) is 32.5 Å². The molecule has 1 atom stereocenters. The smallest absolute Gasteiger partial charge is 0.226 e. The lowest BCUT2D eigenvalue weighted by molar-refractivity contribution is -0.135. The van der Waals surface area contributed by atoms with E-state index in [1.807, 2.05) is 0 Å². The van der Waals surface area contributed by atoms with E-state index in [4.69, 9.17) is 0 Å². The monoisotopic (exact) mass is 286 g/mol. The fourth-order valence-electron chi connectivity index (χ4n) is 3.71. The summed E-state index contributed by atoms with van der Waals surface area (Å²) in [7, 11) is 0. The third kappa shape index (κ3) is 3.29. The van der Waals surface area contributed by atoms with Crippen molar-refractivity contribution >= 4 is 5.91 Å². The first-order valence-corrected chi connectivity index (χ1v) is 8.37. The largest absolute Gasteiger partial charge is 0.341 e. The first kappa shape index (κ1) is 14.6. The van der Waals surface area contributed by atoms with Crippen LogP contribution in [0.3, 0.4) is 0 Å². The Morgan fingerprint density at radius 1 is 1.24 bits per heavy atom. The van der Waals surface area contributed by atoms with E-state index in [2.05, 4.69) is 41.4 Å². The molecule has 1 aromatic rings. The van der Waals surface area contributed by atoms with Gasteiger partial charge in [-0.1, -0.05) is 30.7 Å². The average molecular weight is 286 g/mol. The van der Waals surface area contributed by atoms with E-state index in [-0.39, 0.29) is 5.92 Å². The first-order valence-electron chi connectivity index (χ1n) is 8.37. The van der Waals surface area contributed by atoms with E-state index in [1.165, 1.54) is 30.4 Å². The summed E-state index contributed by atoms with van der Waals surface area (Å²) in [5, 5.41) is 3.55. The van der Waals surface area contributed by atoms with Gasteiger partial charge in [-0.2, -0.15) is 0 Å². The zero-order valence-corrected chi connectivity index (χ0v) is 13.0. The Kier molecular flexibility index (Phi) is 4.59. The number of hydrogen-bond donors (Lipinski definition) is 1. The standard InChI is InChI=1S/C18H26N2O/c1-2-20(13-17-9-5-6-10-19-17)18(21)16-11-14-7-3-4-8-15(14)12-16/h3-4,7-8,16-17,19H,2,5-6,9-13H2,1H3. The Morgan fingerprint density at radius 2 is 1.95 bits per heavy atom. The average Bonchev–Trinajstić information content (AvgIpc) is 2.97. The van der Waals surface area contributed by atoms with Crippen molar-refractivity contribution in [2.75, 3.05) is 19.6 Å². The van der Waals surface area contributed by atoms with Crippen molar-refractivity contribution in [3.63, 3.8) is 0 Å². The van der Waals surface area contributed by atoms with Crippen LogP contribution in [-0.4, -0.2) is 36.5 Å². The molecule has 0 saturated carbocycles. The topological polar surface area (TPSA) is 32.3 Å². The summed E-state index contributed by atoms with van der Waals surface area (Å²) >= 11 is 0. The second kappa shape index (κ2) is 6.61. The Balaban J connectivity index is 1.61. The number of amides is 1. The first-order chi connectivity index (χ1) is 10.3. The highest BCUT2D eigenvalue weighted by Crippen LogP contribution is 2.28. The van der Waals surface area contributed by atoms with Crippen LogP contribution in [0.15, 0.2) is 24.3 Å². The fraction of sp³-hybridized carbons (Fsp3) is 0.611. The Hall–Kier alpha value is -1.35. The molecule has 2 aliphatic rings. The highest BCUT2D eigenvalue weighted by Gasteiger charge is 2.31. The van der Waals surface area contributed by atoms with Crippen LogP contribution in [0.5, 0.6) is 0 Å².